The van der Waals surface area contributed by atoms with Crippen LogP contribution in [0.25, 0.3) is 0 Å². The Morgan fingerprint density at radius 3 is 1.00 bits per heavy atom. The molecule has 0 unspecified atom stereocenters. The Hall–Kier alpha value is -2.65. The number of aryl methyl sites for hydroxylation is 4. The molecule has 7 nitrogen and oxygen atoms in total. The van der Waals surface area contributed by atoms with Crippen LogP contribution in [0.3, 0.4) is 0 Å². The predicted molar refractivity (Wildman–Crippen MR) is 167 cm³/mol. The van der Waals surface area contributed by atoms with Crippen molar-refractivity contribution < 1.29 is 18.1 Å². The molecule has 0 N–H and O–H groups in total. The average molecular weight is 634 g/mol. The highest BCUT2D eigenvalue weighted by Gasteiger charge is 2.43. The first-order chi connectivity index (χ1) is 19.0. The van der Waals surface area contributed by atoms with Crippen LogP contribution in [-0.2, 0) is 0 Å². The number of hydrogen-bond acceptors (Lipinski definition) is 7. The molecule has 0 spiro atoms. The van der Waals surface area contributed by atoms with Crippen molar-refractivity contribution in [1.29, 1.82) is 0 Å². The maximum atomic E-state index is 7.12. The van der Waals surface area contributed by atoms with E-state index in [1.165, 1.54) is 0 Å². The summed E-state index contributed by atoms with van der Waals surface area (Å²) in [6.45, 7) is 0.813. The van der Waals surface area contributed by atoms with E-state index in [9.17, 15) is 0 Å². The Morgan fingerprint density at radius 1 is 0.400 bits per heavy atom. The van der Waals surface area contributed by atoms with Crippen LogP contribution in [0.15, 0.2) is 111 Å². The minimum atomic E-state index is -3.66. The summed E-state index contributed by atoms with van der Waals surface area (Å²) in [5.41, 5.74) is 4.26. The molecule has 0 bridgehead atoms. The third-order valence-corrected chi connectivity index (χ3v) is 15.6. The lowest BCUT2D eigenvalue weighted by Crippen LogP contribution is -2.03. The van der Waals surface area contributed by atoms with E-state index in [4.69, 9.17) is 49.6 Å². The molecule has 0 aliphatic carbocycles. The molecule has 12 heteroatoms. The first-order valence-corrected chi connectivity index (χ1v) is 18.9. The number of benzene rings is 4. The number of hydrogen-bond donors (Lipinski definition) is 0. The van der Waals surface area contributed by atoms with Gasteiger partial charge in [0, 0.05) is 0 Å². The van der Waals surface area contributed by atoms with Gasteiger partial charge in [0.15, 0.2) is 0 Å². The van der Waals surface area contributed by atoms with Gasteiger partial charge in [0.25, 0.3) is 0 Å². The highest BCUT2D eigenvalue weighted by Crippen LogP contribution is 2.81. The van der Waals surface area contributed by atoms with E-state index in [2.05, 4.69) is 4.52 Å². The van der Waals surface area contributed by atoms with Crippen molar-refractivity contribution in [1.82, 2.24) is 0 Å². The number of halogens is 2. The van der Waals surface area contributed by atoms with E-state index < -0.39 is 21.2 Å². The summed E-state index contributed by atoms with van der Waals surface area (Å²) < 4.78 is 39.6. The zero-order valence-electron chi connectivity index (χ0n) is 22.3. The van der Waals surface area contributed by atoms with Gasteiger partial charge in [0.1, 0.15) is 23.0 Å². The summed E-state index contributed by atoms with van der Waals surface area (Å²) in [6, 6.07) is 29.8. The molecule has 40 heavy (non-hydrogen) atoms. The van der Waals surface area contributed by atoms with Gasteiger partial charge in [-0.1, -0.05) is 70.8 Å². The van der Waals surface area contributed by atoms with Crippen molar-refractivity contribution in [2.75, 3.05) is 0 Å². The molecule has 0 saturated heterocycles. The molecule has 0 radical (unpaired) electrons. The smallest absolute Gasteiger partial charge is 0.431 e. The normalized spacial score (nSPS) is 21.2. The third-order valence-electron chi connectivity index (χ3n) is 5.64. The van der Waals surface area contributed by atoms with Crippen molar-refractivity contribution in [3.8, 4) is 23.0 Å². The van der Waals surface area contributed by atoms with Gasteiger partial charge >= 0.3 is 21.2 Å². The summed E-state index contributed by atoms with van der Waals surface area (Å²) >= 11 is 14.2. The first-order valence-electron chi connectivity index (χ1n) is 12.4. The Morgan fingerprint density at radius 2 is 0.675 bits per heavy atom. The lowest BCUT2D eigenvalue weighted by Gasteiger charge is -2.29. The molecule has 0 aromatic heterocycles. The maximum Gasteiger partial charge on any atom is 0.457 e. The standard InChI is InChI=1S/C28H28Cl2N3O4P3/c1-21-5-13-25(14-6-21)34-38(29)31-39(30,35-26-15-7-22(2)8-16-26)33-40(32-38,36-27-17-9-23(3)10-18-27)37-28-19-11-24(4)12-20-28/h5-20H,1-4H3/t38-,39-/m0/s1. The minimum absolute atomic E-state index is 0.477. The Balaban J connectivity index is 1.69. The second kappa shape index (κ2) is 11.7. The number of nitrogens with zero attached hydrogens (tertiary/aromatic N) is 3. The molecule has 4 aromatic carbocycles. The van der Waals surface area contributed by atoms with E-state index in [-0.39, 0.29) is 0 Å². The second-order valence-electron chi connectivity index (χ2n) is 9.32. The fourth-order valence-corrected chi connectivity index (χ4v) is 15.0. The molecule has 0 fully saturated rings. The molecule has 1 aliphatic heterocycles. The Bertz CT molecular complexity index is 1570. The van der Waals surface area contributed by atoms with Crippen LogP contribution in [0.2, 0.25) is 0 Å². The molecule has 208 valence electrons. The monoisotopic (exact) mass is 633 g/mol. The summed E-state index contributed by atoms with van der Waals surface area (Å²) in [7, 11) is -3.66. The third kappa shape index (κ3) is 7.35. The van der Waals surface area contributed by atoms with Crippen molar-refractivity contribution in [3.05, 3.63) is 119 Å². The van der Waals surface area contributed by atoms with Crippen molar-refractivity contribution in [2.24, 2.45) is 13.5 Å². The van der Waals surface area contributed by atoms with E-state index >= 15 is 0 Å². The van der Waals surface area contributed by atoms with Crippen LogP contribution in [0, 0.1) is 27.7 Å². The van der Waals surface area contributed by atoms with Crippen molar-refractivity contribution in [3.63, 3.8) is 0 Å². The molecular formula is C28H28Cl2N3O4P3. The van der Waals surface area contributed by atoms with Crippen molar-refractivity contribution >= 4 is 43.7 Å². The Labute approximate surface area is 244 Å². The largest absolute Gasteiger partial charge is 0.457 e. The van der Waals surface area contributed by atoms with Crippen LogP contribution >= 0.6 is 43.7 Å². The minimum Gasteiger partial charge on any atom is -0.431 e. The SMILES string of the molecule is Cc1ccc(OP2(Oc3ccc(C)cc3)=N[P@@](Cl)(Oc3ccc(C)cc3)=N[P@](Cl)(Oc3ccc(C)cc3)=N2)cc1. The van der Waals surface area contributed by atoms with Gasteiger partial charge in [0.2, 0.25) is 0 Å². The molecule has 5 rings (SSSR count). The van der Waals surface area contributed by atoms with Crippen molar-refractivity contribution in [2.45, 2.75) is 27.7 Å². The summed E-state index contributed by atoms with van der Waals surface area (Å²) in [5.74, 6) is 1.92. The Kier molecular flexibility index (Phi) is 8.43. The summed E-state index contributed by atoms with van der Waals surface area (Å²) in [6.07, 6.45) is 0. The fourth-order valence-electron chi connectivity index (χ4n) is 3.57. The molecule has 1 heterocycles. The zero-order valence-corrected chi connectivity index (χ0v) is 26.5. The van der Waals surface area contributed by atoms with Gasteiger partial charge in [-0.3, -0.25) is 0 Å². The lowest BCUT2D eigenvalue weighted by molar-refractivity contribution is 0.475. The van der Waals surface area contributed by atoms with Gasteiger partial charge in [-0.05, 0) is 98.7 Å². The summed E-state index contributed by atoms with van der Waals surface area (Å²) in [4.78, 5) is 0. The number of rotatable bonds is 8. The molecule has 0 amide bonds. The van der Waals surface area contributed by atoms with E-state index in [0.29, 0.717) is 23.0 Å². The van der Waals surface area contributed by atoms with Crippen LogP contribution in [0.5, 0.6) is 23.0 Å². The molecular weight excluding hydrogens is 606 g/mol. The van der Waals surface area contributed by atoms with Gasteiger partial charge < -0.3 is 18.1 Å². The topological polar surface area (TPSA) is 74.0 Å². The maximum absolute atomic E-state index is 7.12. The summed E-state index contributed by atoms with van der Waals surface area (Å²) in [5, 5.41) is 0. The van der Waals surface area contributed by atoms with Crippen LogP contribution in [0.4, 0.5) is 0 Å². The molecule has 1 aliphatic rings. The highest BCUT2D eigenvalue weighted by molar-refractivity contribution is 8.00. The van der Waals surface area contributed by atoms with Gasteiger partial charge in [0.05, 0.1) is 0 Å². The van der Waals surface area contributed by atoms with Gasteiger partial charge in [-0.25, -0.2) is 0 Å². The zero-order chi connectivity index (χ0) is 28.4. The molecule has 0 saturated carbocycles. The first kappa shape index (κ1) is 28.9. The fraction of sp³-hybridized carbons (Fsp3) is 0.143. The van der Waals surface area contributed by atoms with Crippen LogP contribution in [0.1, 0.15) is 22.3 Å². The van der Waals surface area contributed by atoms with Gasteiger partial charge in [-0.2, -0.15) is 0 Å². The van der Waals surface area contributed by atoms with Crippen LogP contribution in [-0.4, -0.2) is 0 Å². The van der Waals surface area contributed by atoms with Crippen LogP contribution < -0.4 is 18.1 Å². The molecule has 2 atom stereocenters. The van der Waals surface area contributed by atoms with Gasteiger partial charge in [-0.15, -0.1) is 13.5 Å². The second-order valence-corrected chi connectivity index (χ2v) is 17.7. The highest BCUT2D eigenvalue weighted by atomic mass is 35.7. The average Bonchev–Trinajstić information content (AvgIpc) is 2.89. The quantitative estimate of drug-likeness (QED) is 0.181. The predicted octanol–water partition coefficient (Wildman–Crippen LogP) is 11.9. The lowest BCUT2D eigenvalue weighted by atomic mass is 10.2. The van der Waals surface area contributed by atoms with E-state index in [1.54, 1.807) is 24.3 Å². The van der Waals surface area contributed by atoms with E-state index in [1.807, 2.05) is 100 Å². The molecule has 4 aromatic rings. The van der Waals surface area contributed by atoms with E-state index in [0.717, 1.165) is 22.3 Å².